The molecule has 0 aliphatic carbocycles. The van der Waals surface area contributed by atoms with Gasteiger partial charge >= 0.3 is 5.76 Å². The van der Waals surface area contributed by atoms with Gasteiger partial charge in [0.1, 0.15) is 4.83 Å². The Balaban J connectivity index is 1.66. The SMILES string of the molecule is Cc1nn(C)c2sc(C(=O)Nc3ccc4oc(=O)[nH]c4c3)cc12. The molecule has 0 unspecified atom stereocenters. The van der Waals surface area contributed by atoms with Gasteiger partial charge in [-0.3, -0.25) is 14.5 Å². The van der Waals surface area contributed by atoms with Crippen LogP contribution in [0.4, 0.5) is 5.69 Å². The van der Waals surface area contributed by atoms with Crippen molar-refractivity contribution in [1.29, 1.82) is 0 Å². The smallest absolute Gasteiger partial charge is 0.408 e. The standard InChI is InChI=1S/C15H12N4O3S/c1-7-9-6-12(23-14(9)19(2)18-7)13(20)16-8-3-4-11-10(5-8)17-15(21)22-11/h3-6H,1-2H3,(H,16,20)(H,17,21). The van der Waals surface area contributed by atoms with E-state index in [1.54, 1.807) is 22.9 Å². The molecule has 0 aliphatic heterocycles. The molecule has 4 aromatic rings. The summed E-state index contributed by atoms with van der Waals surface area (Å²) in [7, 11) is 1.86. The molecule has 116 valence electrons. The van der Waals surface area contributed by atoms with E-state index in [-0.39, 0.29) is 5.91 Å². The van der Waals surface area contributed by atoms with E-state index < -0.39 is 5.76 Å². The van der Waals surface area contributed by atoms with Gasteiger partial charge in [0.05, 0.1) is 16.1 Å². The second-order valence-corrected chi connectivity index (χ2v) is 6.25. The van der Waals surface area contributed by atoms with E-state index >= 15 is 0 Å². The predicted molar refractivity (Wildman–Crippen MR) is 88.1 cm³/mol. The van der Waals surface area contributed by atoms with Crippen molar-refractivity contribution >= 4 is 44.2 Å². The Morgan fingerprint density at radius 1 is 1.39 bits per heavy atom. The van der Waals surface area contributed by atoms with Gasteiger partial charge in [0.25, 0.3) is 5.91 Å². The van der Waals surface area contributed by atoms with Crippen molar-refractivity contribution < 1.29 is 9.21 Å². The van der Waals surface area contributed by atoms with Crippen LogP contribution < -0.4 is 11.1 Å². The highest BCUT2D eigenvalue weighted by atomic mass is 32.1. The van der Waals surface area contributed by atoms with Crippen LogP contribution in [0.2, 0.25) is 0 Å². The number of benzene rings is 1. The Hall–Kier alpha value is -2.87. The van der Waals surface area contributed by atoms with E-state index in [0.717, 1.165) is 15.9 Å². The van der Waals surface area contributed by atoms with Crippen LogP contribution in [0.15, 0.2) is 33.5 Å². The Bertz CT molecular complexity index is 1080. The Labute approximate surface area is 133 Å². The number of H-pyrrole nitrogens is 1. The zero-order valence-electron chi connectivity index (χ0n) is 12.3. The third kappa shape index (κ3) is 2.23. The Morgan fingerprint density at radius 3 is 3.00 bits per heavy atom. The topological polar surface area (TPSA) is 92.9 Å². The van der Waals surface area contributed by atoms with Crippen molar-refractivity contribution in [3.05, 3.63) is 45.4 Å². The van der Waals surface area contributed by atoms with Gasteiger partial charge in [0, 0.05) is 18.1 Å². The lowest BCUT2D eigenvalue weighted by molar-refractivity contribution is 0.103. The first kappa shape index (κ1) is 13.8. The number of hydrogen-bond donors (Lipinski definition) is 2. The number of amides is 1. The summed E-state index contributed by atoms with van der Waals surface area (Å²) < 4.78 is 6.71. The highest BCUT2D eigenvalue weighted by Crippen LogP contribution is 2.28. The maximum Gasteiger partial charge on any atom is 0.417 e. The van der Waals surface area contributed by atoms with Gasteiger partial charge in [0.2, 0.25) is 0 Å². The van der Waals surface area contributed by atoms with Crippen LogP contribution in [-0.4, -0.2) is 20.7 Å². The molecule has 0 atom stereocenters. The third-order valence-electron chi connectivity index (χ3n) is 3.60. The number of aromatic nitrogens is 3. The summed E-state index contributed by atoms with van der Waals surface area (Å²) in [4.78, 5) is 27.7. The molecule has 0 bridgehead atoms. The average molecular weight is 328 g/mol. The maximum absolute atomic E-state index is 12.4. The van der Waals surface area contributed by atoms with Crippen LogP contribution in [0.1, 0.15) is 15.4 Å². The summed E-state index contributed by atoms with van der Waals surface area (Å²) in [5.74, 6) is -0.716. The van der Waals surface area contributed by atoms with Crippen molar-refractivity contribution in [3.8, 4) is 0 Å². The molecule has 0 aliphatic rings. The van der Waals surface area contributed by atoms with Gasteiger partial charge in [-0.15, -0.1) is 11.3 Å². The summed E-state index contributed by atoms with van der Waals surface area (Å²) in [6.07, 6.45) is 0. The first-order valence-corrected chi connectivity index (χ1v) is 7.70. The Kier molecular flexibility index (Phi) is 2.88. The molecule has 3 heterocycles. The minimum absolute atomic E-state index is 0.198. The molecule has 2 N–H and O–H groups in total. The number of nitrogens with zero attached hydrogens (tertiary/aromatic N) is 2. The second kappa shape index (κ2) is 4.82. The summed E-state index contributed by atoms with van der Waals surface area (Å²) in [6, 6.07) is 6.84. The van der Waals surface area contributed by atoms with E-state index in [2.05, 4.69) is 15.4 Å². The molecule has 0 fully saturated rings. The zero-order valence-corrected chi connectivity index (χ0v) is 13.2. The number of carbonyl (C=O) groups excluding carboxylic acids is 1. The molecule has 4 rings (SSSR count). The number of carbonyl (C=O) groups is 1. The number of thiophene rings is 1. The summed E-state index contributed by atoms with van der Waals surface area (Å²) in [6.45, 7) is 1.92. The fraction of sp³-hybridized carbons (Fsp3) is 0.133. The molecule has 1 amide bonds. The largest absolute Gasteiger partial charge is 0.417 e. The normalized spacial score (nSPS) is 11.4. The average Bonchev–Trinajstić information content (AvgIpc) is 3.14. The van der Waals surface area contributed by atoms with Gasteiger partial charge in [-0.2, -0.15) is 5.10 Å². The molecule has 0 saturated heterocycles. The molecule has 8 heteroatoms. The zero-order chi connectivity index (χ0) is 16.1. The fourth-order valence-corrected chi connectivity index (χ4v) is 3.56. The van der Waals surface area contributed by atoms with Crippen LogP contribution in [0.3, 0.4) is 0 Å². The molecule has 0 radical (unpaired) electrons. The van der Waals surface area contributed by atoms with Crippen LogP contribution in [0.25, 0.3) is 21.3 Å². The van der Waals surface area contributed by atoms with Crippen LogP contribution in [0, 0.1) is 6.92 Å². The summed E-state index contributed by atoms with van der Waals surface area (Å²) in [5.41, 5.74) is 2.49. The van der Waals surface area contributed by atoms with Crippen LogP contribution in [0.5, 0.6) is 0 Å². The number of nitrogens with one attached hydrogen (secondary N) is 2. The fourth-order valence-electron chi connectivity index (χ4n) is 2.54. The lowest BCUT2D eigenvalue weighted by atomic mass is 10.2. The third-order valence-corrected chi connectivity index (χ3v) is 4.80. The summed E-state index contributed by atoms with van der Waals surface area (Å²) in [5, 5.41) is 8.13. The first-order chi connectivity index (χ1) is 11.0. The molecule has 7 nitrogen and oxygen atoms in total. The van der Waals surface area contributed by atoms with Gasteiger partial charge in [-0.05, 0) is 31.2 Å². The minimum Gasteiger partial charge on any atom is -0.408 e. The van der Waals surface area contributed by atoms with Crippen molar-refractivity contribution in [3.63, 3.8) is 0 Å². The van der Waals surface area contributed by atoms with E-state index in [1.165, 1.54) is 11.3 Å². The van der Waals surface area contributed by atoms with Crippen LogP contribution in [-0.2, 0) is 7.05 Å². The van der Waals surface area contributed by atoms with Gasteiger partial charge in [-0.1, -0.05) is 0 Å². The number of aryl methyl sites for hydroxylation is 2. The molecule has 3 aromatic heterocycles. The molecule has 1 aromatic carbocycles. The molecule has 23 heavy (non-hydrogen) atoms. The van der Waals surface area contributed by atoms with E-state index in [0.29, 0.717) is 21.7 Å². The second-order valence-electron chi connectivity index (χ2n) is 5.22. The highest BCUT2D eigenvalue weighted by Gasteiger charge is 2.15. The number of fused-ring (bicyclic) bond motifs is 2. The van der Waals surface area contributed by atoms with E-state index in [4.69, 9.17) is 4.42 Å². The number of hydrogen-bond acceptors (Lipinski definition) is 5. The minimum atomic E-state index is -0.518. The number of oxazole rings is 1. The van der Waals surface area contributed by atoms with Gasteiger partial charge in [-0.25, -0.2) is 4.79 Å². The molecular formula is C15H12N4O3S. The number of anilines is 1. The van der Waals surface area contributed by atoms with Crippen molar-refractivity contribution in [2.45, 2.75) is 6.92 Å². The number of aromatic amines is 1. The lowest BCUT2D eigenvalue weighted by Crippen LogP contribution is -2.10. The van der Waals surface area contributed by atoms with Gasteiger partial charge < -0.3 is 9.73 Å². The lowest BCUT2D eigenvalue weighted by Gasteiger charge is -2.02. The van der Waals surface area contributed by atoms with E-state index in [9.17, 15) is 9.59 Å². The summed E-state index contributed by atoms with van der Waals surface area (Å²) >= 11 is 1.39. The van der Waals surface area contributed by atoms with Crippen molar-refractivity contribution in [2.75, 3.05) is 5.32 Å². The van der Waals surface area contributed by atoms with Gasteiger partial charge in [0.15, 0.2) is 5.58 Å². The van der Waals surface area contributed by atoms with Crippen molar-refractivity contribution in [2.24, 2.45) is 7.05 Å². The van der Waals surface area contributed by atoms with E-state index in [1.807, 2.05) is 20.0 Å². The predicted octanol–water partition coefficient (Wildman–Crippen LogP) is 2.63. The molecular weight excluding hydrogens is 316 g/mol. The highest BCUT2D eigenvalue weighted by molar-refractivity contribution is 7.20. The molecule has 0 spiro atoms. The number of rotatable bonds is 2. The van der Waals surface area contributed by atoms with Crippen LogP contribution >= 0.6 is 11.3 Å². The Morgan fingerprint density at radius 2 is 2.22 bits per heavy atom. The quantitative estimate of drug-likeness (QED) is 0.591. The van der Waals surface area contributed by atoms with Crippen molar-refractivity contribution in [1.82, 2.24) is 14.8 Å². The maximum atomic E-state index is 12.4. The molecule has 0 saturated carbocycles. The monoisotopic (exact) mass is 328 g/mol. The first-order valence-electron chi connectivity index (χ1n) is 6.88.